The van der Waals surface area contributed by atoms with Gasteiger partial charge in [0.25, 0.3) is 0 Å². The van der Waals surface area contributed by atoms with Crippen LogP contribution in [0.2, 0.25) is 0 Å². The summed E-state index contributed by atoms with van der Waals surface area (Å²) in [5, 5.41) is 9.33. The second-order valence-corrected chi connectivity index (χ2v) is 6.56. The van der Waals surface area contributed by atoms with E-state index in [1.807, 2.05) is 54.9 Å². The molecule has 3 rings (SSSR count). The average molecular weight is 341 g/mol. The normalized spacial score (nSPS) is 10.9. The van der Waals surface area contributed by atoms with E-state index in [4.69, 9.17) is 4.42 Å². The first-order chi connectivity index (χ1) is 11.7. The third-order valence-corrected chi connectivity index (χ3v) is 4.92. The molecule has 0 saturated heterocycles. The molecule has 6 heteroatoms. The van der Waals surface area contributed by atoms with Crippen molar-refractivity contribution in [2.45, 2.75) is 24.9 Å². The Morgan fingerprint density at radius 2 is 2.00 bits per heavy atom. The monoisotopic (exact) mass is 341 g/mol. The molecule has 0 spiro atoms. The van der Waals surface area contributed by atoms with Crippen LogP contribution in [0.1, 0.15) is 29.0 Å². The molecule has 0 bridgehead atoms. The van der Waals surface area contributed by atoms with Gasteiger partial charge in [0.15, 0.2) is 16.8 Å². The Hall–Kier alpha value is -2.34. The zero-order valence-electron chi connectivity index (χ0n) is 13.7. The van der Waals surface area contributed by atoms with Crippen LogP contribution in [-0.4, -0.2) is 26.3 Å². The van der Waals surface area contributed by atoms with Crippen molar-refractivity contribution in [2.75, 3.05) is 5.75 Å². The predicted molar refractivity (Wildman–Crippen MR) is 94.2 cm³/mol. The number of rotatable bonds is 7. The standard InChI is InChI=1S/C18H19N3O2S/c1-13-15(10-11-23-13)17-19-20-18(21(17)2)24-12-6-9-16(22)14-7-4-3-5-8-14/h3-5,7-8,10-11H,6,9,12H2,1-2H3. The van der Waals surface area contributed by atoms with Crippen LogP contribution in [0.4, 0.5) is 0 Å². The zero-order chi connectivity index (χ0) is 16.9. The number of hydrogen-bond donors (Lipinski definition) is 0. The van der Waals surface area contributed by atoms with Gasteiger partial charge in [-0.2, -0.15) is 0 Å². The zero-order valence-corrected chi connectivity index (χ0v) is 14.5. The van der Waals surface area contributed by atoms with Crippen LogP contribution < -0.4 is 0 Å². The third-order valence-electron chi connectivity index (χ3n) is 3.81. The molecule has 2 heterocycles. The minimum atomic E-state index is 0.184. The van der Waals surface area contributed by atoms with Crippen molar-refractivity contribution in [2.24, 2.45) is 7.05 Å². The minimum Gasteiger partial charge on any atom is -0.469 e. The first kappa shape index (κ1) is 16.5. The highest BCUT2D eigenvalue weighted by molar-refractivity contribution is 7.99. The Bertz CT molecular complexity index is 824. The van der Waals surface area contributed by atoms with E-state index in [9.17, 15) is 4.79 Å². The molecule has 0 fully saturated rings. The van der Waals surface area contributed by atoms with E-state index in [2.05, 4.69) is 10.2 Å². The summed E-state index contributed by atoms with van der Waals surface area (Å²) in [6, 6.07) is 11.3. The molecule has 1 aromatic carbocycles. The van der Waals surface area contributed by atoms with Gasteiger partial charge >= 0.3 is 0 Å². The molecular formula is C18H19N3O2S. The van der Waals surface area contributed by atoms with Crippen LogP contribution >= 0.6 is 11.8 Å². The maximum absolute atomic E-state index is 12.1. The number of furan rings is 1. The first-order valence-electron chi connectivity index (χ1n) is 7.81. The van der Waals surface area contributed by atoms with Crippen LogP contribution in [0, 0.1) is 6.92 Å². The molecule has 0 amide bonds. The van der Waals surface area contributed by atoms with Gasteiger partial charge in [0.05, 0.1) is 11.8 Å². The number of aromatic nitrogens is 3. The Balaban J connectivity index is 1.54. The smallest absolute Gasteiger partial charge is 0.191 e. The molecule has 0 unspecified atom stereocenters. The van der Waals surface area contributed by atoms with Crippen molar-refractivity contribution in [1.29, 1.82) is 0 Å². The van der Waals surface area contributed by atoms with Gasteiger partial charge in [0.2, 0.25) is 0 Å². The number of carbonyl (C=O) groups excluding carboxylic acids is 1. The van der Waals surface area contributed by atoms with E-state index in [1.54, 1.807) is 18.0 Å². The van der Waals surface area contributed by atoms with Crippen LogP contribution in [0.25, 0.3) is 11.4 Å². The minimum absolute atomic E-state index is 0.184. The Labute approximate surface area is 145 Å². The molecule has 0 saturated carbocycles. The van der Waals surface area contributed by atoms with E-state index in [1.165, 1.54) is 0 Å². The Kier molecular flexibility index (Phi) is 5.15. The lowest BCUT2D eigenvalue weighted by molar-refractivity contribution is 0.0982. The van der Waals surface area contributed by atoms with Crippen molar-refractivity contribution in [3.05, 3.63) is 54.0 Å². The number of thioether (sulfide) groups is 1. The second kappa shape index (κ2) is 7.49. The lowest BCUT2D eigenvalue weighted by Crippen LogP contribution is -2.00. The molecule has 0 aliphatic heterocycles. The maximum atomic E-state index is 12.1. The van der Waals surface area contributed by atoms with Gasteiger partial charge in [0.1, 0.15) is 5.76 Å². The highest BCUT2D eigenvalue weighted by Gasteiger charge is 2.14. The number of Topliss-reactive ketones (excluding diaryl/α,β-unsaturated/α-hetero) is 1. The fourth-order valence-electron chi connectivity index (χ4n) is 2.46. The quantitative estimate of drug-likeness (QED) is 0.367. The number of hydrogen-bond acceptors (Lipinski definition) is 5. The van der Waals surface area contributed by atoms with Crippen molar-refractivity contribution in [3.8, 4) is 11.4 Å². The predicted octanol–water partition coefficient (Wildman–Crippen LogP) is 4.14. The number of benzene rings is 1. The van der Waals surface area contributed by atoms with E-state index < -0.39 is 0 Å². The van der Waals surface area contributed by atoms with Crippen LogP contribution in [0.3, 0.4) is 0 Å². The molecule has 24 heavy (non-hydrogen) atoms. The number of carbonyl (C=O) groups is 1. The summed E-state index contributed by atoms with van der Waals surface area (Å²) < 4.78 is 7.28. The maximum Gasteiger partial charge on any atom is 0.191 e. The Morgan fingerprint density at radius 1 is 1.21 bits per heavy atom. The summed E-state index contributed by atoms with van der Waals surface area (Å²) in [7, 11) is 1.94. The van der Waals surface area contributed by atoms with Crippen LogP contribution in [-0.2, 0) is 7.05 Å². The molecule has 2 aromatic heterocycles. The highest BCUT2D eigenvalue weighted by Crippen LogP contribution is 2.26. The second-order valence-electron chi connectivity index (χ2n) is 5.50. The van der Waals surface area contributed by atoms with E-state index >= 15 is 0 Å². The summed E-state index contributed by atoms with van der Waals surface area (Å²) in [5.41, 5.74) is 1.73. The molecule has 5 nitrogen and oxygen atoms in total. The fraction of sp³-hybridized carbons (Fsp3) is 0.278. The average Bonchev–Trinajstić information content (AvgIpc) is 3.18. The van der Waals surface area contributed by atoms with E-state index in [0.717, 1.165) is 40.0 Å². The SMILES string of the molecule is Cc1occc1-c1nnc(SCCCC(=O)c2ccccc2)n1C. The molecule has 0 atom stereocenters. The number of nitrogens with zero attached hydrogens (tertiary/aromatic N) is 3. The lowest BCUT2D eigenvalue weighted by atomic mass is 10.1. The molecule has 124 valence electrons. The van der Waals surface area contributed by atoms with Gasteiger partial charge in [-0.3, -0.25) is 4.79 Å². The molecule has 0 radical (unpaired) electrons. The summed E-state index contributed by atoms with van der Waals surface area (Å²) in [6.45, 7) is 1.91. The highest BCUT2D eigenvalue weighted by atomic mass is 32.2. The number of aryl methyl sites for hydroxylation is 1. The van der Waals surface area contributed by atoms with Crippen molar-refractivity contribution in [3.63, 3.8) is 0 Å². The van der Waals surface area contributed by atoms with Gasteiger partial charge < -0.3 is 8.98 Å². The van der Waals surface area contributed by atoms with Gasteiger partial charge in [0, 0.05) is 24.8 Å². The third kappa shape index (κ3) is 3.59. The lowest BCUT2D eigenvalue weighted by Gasteiger charge is -2.03. The molecular weight excluding hydrogens is 322 g/mol. The Morgan fingerprint density at radius 3 is 2.71 bits per heavy atom. The summed E-state index contributed by atoms with van der Waals surface area (Å²) in [5.74, 6) is 2.64. The molecule has 3 aromatic rings. The number of ketones is 1. The van der Waals surface area contributed by atoms with Gasteiger partial charge in [-0.05, 0) is 19.4 Å². The van der Waals surface area contributed by atoms with Crippen LogP contribution in [0.15, 0.2) is 52.2 Å². The molecule has 0 aliphatic rings. The van der Waals surface area contributed by atoms with E-state index in [0.29, 0.717) is 6.42 Å². The van der Waals surface area contributed by atoms with Gasteiger partial charge in [-0.15, -0.1) is 10.2 Å². The topological polar surface area (TPSA) is 60.9 Å². The van der Waals surface area contributed by atoms with Crippen molar-refractivity contribution in [1.82, 2.24) is 14.8 Å². The van der Waals surface area contributed by atoms with Crippen molar-refractivity contribution >= 4 is 17.5 Å². The van der Waals surface area contributed by atoms with Crippen molar-refractivity contribution < 1.29 is 9.21 Å². The van der Waals surface area contributed by atoms with Gasteiger partial charge in [-0.1, -0.05) is 42.1 Å². The van der Waals surface area contributed by atoms with Crippen LogP contribution in [0.5, 0.6) is 0 Å². The summed E-state index contributed by atoms with van der Waals surface area (Å²) in [6.07, 6.45) is 3.01. The molecule has 0 N–H and O–H groups in total. The largest absolute Gasteiger partial charge is 0.469 e. The first-order valence-corrected chi connectivity index (χ1v) is 8.80. The van der Waals surface area contributed by atoms with Gasteiger partial charge in [-0.25, -0.2) is 0 Å². The fourth-order valence-corrected chi connectivity index (χ4v) is 3.31. The molecule has 0 aliphatic carbocycles. The summed E-state index contributed by atoms with van der Waals surface area (Å²) >= 11 is 1.61. The van der Waals surface area contributed by atoms with E-state index in [-0.39, 0.29) is 5.78 Å². The summed E-state index contributed by atoms with van der Waals surface area (Å²) in [4.78, 5) is 12.1.